The van der Waals surface area contributed by atoms with E-state index in [1.165, 1.54) is 25.1 Å². The summed E-state index contributed by atoms with van der Waals surface area (Å²) in [4.78, 5) is 36.9. The van der Waals surface area contributed by atoms with E-state index in [-0.39, 0.29) is 23.2 Å². The topological polar surface area (TPSA) is 89.8 Å². The molecule has 7 heteroatoms. The number of benzene rings is 2. The predicted octanol–water partition coefficient (Wildman–Crippen LogP) is 3.12. The van der Waals surface area contributed by atoms with Gasteiger partial charge in [-0.15, -0.1) is 0 Å². The Morgan fingerprint density at radius 2 is 1.96 bits per heavy atom. The molecule has 134 valence electrons. The van der Waals surface area contributed by atoms with Crippen molar-refractivity contribution in [2.45, 2.75) is 32.4 Å². The molecule has 1 amide bonds. The van der Waals surface area contributed by atoms with Crippen LogP contribution in [0, 0.1) is 10.1 Å². The van der Waals surface area contributed by atoms with Gasteiger partial charge in [-0.25, -0.2) is 4.79 Å². The number of rotatable bonds is 4. The molecule has 0 spiro atoms. The van der Waals surface area contributed by atoms with Gasteiger partial charge in [0.05, 0.1) is 10.5 Å². The molecule has 7 nitrogen and oxygen atoms in total. The molecule has 0 radical (unpaired) electrons. The summed E-state index contributed by atoms with van der Waals surface area (Å²) in [5, 5.41) is 10.8. The normalized spacial score (nSPS) is 16.7. The van der Waals surface area contributed by atoms with E-state index in [4.69, 9.17) is 4.74 Å². The fourth-order valence-electron chi connectivity index (χ4n) is 3.12. The molecule has 1 aliphatic heterocycles. The zero-order chi connectivity index (χ0) is 18.8. The van der Waals surface area contributed by atoms with Crippen molar-refractivity contribution in [2.75, 3.05) is 4.90 Å². The van der Waals surface area contributed by atoms with Crippen molar-refractivity contribution >= 4 is 23.3 Å². The molecule has 0 bridgehead atoms. The van der Waals surface area contributed by atoms with Gasteiger partial charge in [0.15, 0.2) is 6.10 Å². The smallest absolute Gasteiger partial charge is 0.339 e. The molecule has 0 saturated carbocycles. The second-order valence-corrected chi connectivity index (χ2v) is 6.25. The first-order chi connectivity index (χ1) is 12.4. The molecular formula is C19H18N2O5. The van der Waals surface area contributed by atoms with E-state index in [0.29, 0.717) is 0 Å². The number of amides is 1. The average molecular weight is 354 g/mol. The van der Waals surface area contributed by atoms with Crippen molar-refractivity contribution in [2.24, 2.45) is 0 Å². The largest absolute Gasteiger partial charge is 0.449 e. The van der Waals surface area contributed by atoms with Crippen LogP contribution in [0.4, 0.5) is 11.4 Å². The van der Waals surface area contributed by atoms with Crippen LogP contribution < -0.4 is 4.90 Å². The Morgan fingerprint density at radius 3 is 2.69 bits per heavy atom. The second kappa shape index (κ2) is 6.95. The number of non-ortho nitro benzene ring substituents is 1. The standard InChI is InChI=1S/C19H18N2O5/c1-12-10-14-6-3-4-9-17(14)20(12)18(22)13(2)26-19(23)15-7-5-8-16(11-15)21(24)25/h3-9,11-13H,10H2,1-2H3/t12-,13-/m1/s1. The highest BCUT2D eigenvalue weighted by molar-refractivity contribution is 6.01. The molecular weight excluding hydrogens is 336 g/mol. The van der Waals surface area contributed by atoms with Crippen LogP contribution in [-0.2, 0) is 16.0 Å². The van der Waals surface area contributed by atoms with Gasteiger partial charge in [-0.2, -0.15) is 0 Å². The Balaban J connectivity index is 1.75. The van der Waals surface area contributed by atoms with Gasteiger partial charge in [0.25, 0.3) is 11.6 Å². The summed E-state index contributed by atoms with van der Waals surface area (Å²) in [7, 11) is 0. The fourth-order valence-corrected chi connectivity index (χ4v) is 3.12. The number of esters is 1. The first-order valence-electron chi connectivity index (χ1n) is 8.25. The van der Waals surface area contributed by atoms with Gasteiger partial charge in [0, 0.05) is 23.9 Å². The monoisotopic (exact) mass is 354 g/mol. The van der Waals surface area contributed by atoms with Crippen LogP contribution in [0.15, 0.2) is 48.5 Å². The maximum absolute atomic E-state index is 12.8. The van der Waals surface area contributed by atoms with Gasteiger partial charge in [-0.05, 0) is 38.0 Å². The lowest BCUT2D eigenvalue weighted by Crippen LogP contribution is -2.43. The molecule has 0 N–H and O–H groups in total. The van der Waals surface area contributed by atoms with E-state index in [1.54, 1.807) is 4.90 Å². The highest BCUT2D eigenvalue weighted by atomic mass is 16.6. The Kier molecular flexibility index (Phi) is 4.71. The van der Waals surface area contributed by atoms with Crippen molar-refractivity contribution in [1.82, 2.24) is 0 Å². The molecule has 2 atom stereocenters. The van der Waals surface area contributed by atoms with Crippen LogP contribution in [0.1, 0.15) is 29.8 Å². The van der Waals surface area contributed by atoms with Crippen LogP contribution in [0.25, 0.3) is 0 Å². The maximum atomic E-state index is 12.8. The molecule has 0 unspecified atom stereocenters. The highest BCUT2D eigenvalue weighted by Gasteiger charge is 2.34. The van der Waals surface area contributed by atoms with E-state index in [1.807, 2.05) is 31.2 Å². The lowest BCUT2D eigenvalue weighted by Gasteiger charge is -2.25. The van der Waals surface area contributed by atoms with Crippen molar-refractivity contribution < 1.29 is 19.2 Å². The Bertz CT molecular complexity index is 880. The molecule has 1 heterocycles. The number of carbonyl (C=O) groups is 2. The molecule has 3 rings (SSSR count). The lowest BCUT2D eigenvalue weighted by atomic mass is 10.1. The Labute approximate surface area is 150 Å². The zero-order valence-corrected chi connectivity index (χ0v) is 14.4. The van der Waals surface area contributed by atoms with Gasteiger partial charge < -0.3 is 9.64 Å². The van der Waals surface area contributed by atoms with Crippen LogP contribution in [0.3, 0.4) is 0 Å². The minimum atomic E-state index is -1.00. The lowest BCUT2D eigenvalue weighted by molar-refractivity contribution is -0.384. The molecule has 0 saturated heterocycles. The Morgan fingerprint density at radius 1 is 1.23 bits per heavy atom. The summed E-state index contributed by atoms with van der Waals surface area (Å²) in [6.07, 6.45) is -0.261. The van der Waals surface area contributed by atoms with E-state index in [9.17, 15) is 19.7 Å². The van der Waals surface area contributed by atoms with Crippen molar-refractivity contribution in [3.8, 4) is 0 Å². The van der Waals surface area contributed by atoms with Crippen LogP contribution >= 0.6 is 0 Å². The van der Waals surface area contributed by atoms with Crippen LogP contribution in [-0.4, -0.2) is 28.9 Å². The predicted molar refractivity (Wildman–Crippen MR) is 95.1 cm³/mol. The molecule has 0 aromatic heterocycles. The van der Waals surface area contributed by atoms with Crippen LogP contribution in [0.5, 0.6) is 0 Å². The maximum Gasteiger partial charge on any atom is 0.339 e. The van der Waals surface area contributed by atoms with Gasteiger partial charge in [0.1, 0.15) is 0 Å². The first-order valence-corrected chi connectivity index (χ1v) is 8.25. The van der Waals surface area contributed by atoms with Gasteiger partial charge in [-0.3, -0.25) is 14.9 Å². The molecule has 26 heavy (non-hydrogen) atoms. The number of anilines is 1. The second-order valence-electron chi connectivity index (χ2n) is 6.25. The van der Waals surface area contributed by atoms with Crippen LogP contribution in [0.2, 0.25) is 0 Å². The molecule has 0 fully saturated rings. The molecule has 2 aromatic carbocycles. The van der Waals surface area contributed by atoms with E-state index < -0.39 is 17.0 Å². The zero-order valence-electron chi connectivity index (χ0n) is 14.4. The van der Waals surface area contributed by atoms with E-state index >= 15 is 0 Å². The summed E-state index contributed by atoms with van der Waals surface area (Å²) in [5.41, 5.74) is 1.73. The van der Waals surface area contributed by atoms with Crippen molar-refractivity contribution in [1.29, 1.82) is 0 Å². The summed E-state index contributed by atoms with van der Waals surface area (Å²) in [6.45, 7) is 3.44. The van der Waals surface area contributed by atoms with Gasteiger partial charge >= 0.3 is 5.97 Å². The summed E-state index contributed by atoms with van der Waals surface area (Å²) in [5.74, 6) is -1.09. The third-order valence-corrected chi connectivity index (χ3v) is 4.37. The summed E-state index contributed by atoms with van der Waals surface area (Å²) < 4.78 is 5.26. The number of ether oxygens (including phenoxy) is 1. The number of carbonyl (C=O) groups excluding carboxylic acids is 2. The molecule has 0 aliphatic carbocycles. The minimum Gasteiger partial charge on any atom is -0.449 e. The van der Waals surface area contributed by atoms with E-state index in [0.717, 1.165) is 23.7 Å². The number of fused-ring (bicyclic) bond motifs is 1. The molecule has 2 aromatic rings. The van der Waals surface area contributed by atoms with Crippen molar-refractivity contribution in [3.05, 3.63) is 69.8 Å². The Hall–Kier alpha value is -3.22. The summed E-state index contributed by atoms with van der Waals surface area (Å²) in [6, 6.07) is 12.8. The quantitative estimate of drug-likeness (QED) is 0.478. The fraction of sp³-hybridized carbons (Fsp3) is 0.263. The minimum absolute atomic E-state index is 0.0288. The summed E-state index contributed by atoms with van der Waals surface area (Å²) >= 11 is 0. The SMILES string of the molecule is C[C@@H]1Cc2ccccc2N1C(=O)[C@@H](C)OC(=O)c1cccc([N+](=O)[O-])c1. The number of nitrogens with zero attached hydrogens (tertiary/aromatic N) is 2. The van der Waals surface area contributed by atoms with Gasteiger partial charge in [0.2, 0.25) is 0 Å². The van der Waals surface area contributed by atoms with Crippen molar-refractivity contribution in [3.63, 3.8) is 0 Å². The number of hydrogen-bond acceptors (Lipinski definition) is 5. The van der Waals surface area contributed by atoms with Gasteiger partial charge in [-0.1, -0.05) is 24.3 Å². The number of hydrogen-bond donors (Lipinski definition) is 0. The molecule has 1 aliphatic rings. The number of nitro groups is 1. The van der Waals surface area contributed by atoms with E-state index in [2.05, 4.69) is 0 Å². The third-order valence-electron chi connectivity index (χ3n) is 4.37. The highest BCUT2D eigenvalue weighted by Crippen LogP contribution is 2.32. The average Bonchev–Trinajstić information content (AvgIpc) is 2.96. The number of nitro benzene ring substituents is 1. The first kappa shape index (κ1) is 17.6. The number of para-hydroxylation sites is 1. The third kappa shape index (κ3) is 3.28.